The van der Waals surface area contributed by atoms with E-state index in [-0.39, 0.29) is 19.1 Å². The summed E-state index contributed by atoms with van der Waals surface area (Å²) in [7, 11) is 0. The standard InChI is InChI=1S/C30H28N2O6/c1-20-27(31-28(37-20)22-10-4-2-5-11-22)19-36-25-14-8-9-21(16-25)15-23-17-32(18-26(23)29(33)34)30(35)38-24-12-6-3-7-13-24/h2-14,16,23,26H,15,17-19H2,1H3,(H,33,34)/t23-,26+/m1/s1. The number of carbonyl (C=O) groups is 2. The number of aliphatic carboxylic acids is 1. The third kappa shape index (κ3) is 5.86. The predicted octanol–water partition coefficient (Wildman–Crippen LogP) is 5.60. The number of carbonyl (C=O) groups excluding carboxylic acids is 1. The quantitative estimate of drug-likeness (QED) is 0.328. The Morgan fingerprint density at radius 3 is 2.42 bits per heavy atom. The summed E-state index contributed by atoms with van der Waals surface area (Å²) in [6, 6.07) is 26.0. The van der Waals surface area contributed by atoms with Crippen LogP contribution in [0, 0.1) is 18.8 Å². The molecule has 0 spiro atoms. The molecule has 0 saturated carbocycles. The van der Waals surface area contributed by atoms with Crippen molar-refractivity contribution in [3.05, 3.63) is 102 Å². The zero-order valence-corrected chi connectivity index (χ0v) is 20.9. The molecule has 1 aliphatic heterocycles. The van der Waals surface area contributed by atoms with Crippen LogP contribution in [-0.4, -0.2) is 40.1 Å². The first-order valence-electron chi connectivity index (χ1n) is 12.4. The Labute approximate surface area is 220 Å². The van der Waals surface area contributed by atoms with Crippen molar-refractivity contribution in [2.45, 2.75) is 20.0 Å². The van der Waals surface area contributed by atoms with Crippen LogP contribution in [0.2, 0.25) is 0 Å². The first-order chi connectivity index (χ1) is 18.5. The van der Waals surface area contributed by atoms with Crippen LogP contribution in [0.4, 0.5) is 4.79 Å². The lowest BCUT2D eigenvalue weighted by molar-refractivity contribution is -0.142. The number of hydrogen-bond acceptors (Lipinski definition) is 6. The Kier molecular flexibility index (Phi) is 7.40. The van der Waals surface area contributed by atoms with E-state index in [0.717, 1.165) is 11.1 Å². The van der Waals surface area contributed by atoms with Crippen LogP contribution in [0.1, 0.15) is 17.0 Å². The number of benzene rings is 3. The maximum Gasteiger partial charge on any atom is 0.415 e. The van der Waals surface area contributed by atoms with Gasteiger partial charge in [0.05, 0.1) is 5.92 Å². The number of hydrogen-bond donors (Lipinski definition) is 1. The fraction of sp³-hybridized carbons (Fsp3) is 0.233. The molecule has 5 rings (SSSR count). The zero-order chi connectivity index (χ0) is 26.5. The van der Waals surface area contributed by atoms with Gasteiger partial charge in [-0.05, 0) is 61.2 Å². The third-order valence-corrected chi connectivity index (χ3v) is 6.65. The number of likely N-dealkylation sites (tertiary alicyclic amines) is 1. The van der Waals surface area contributed by atoms with Crippen molar-refractivity contribution in [1.82, 2.24) is 9.88 Å². The number of rotatable bonds is 8. The summed E-state index contributed by atoms with van der Waals surface area (Å²) in [5, 5.41) is 9.81. The third-order valence-electron chi connectivity index (χ3n) is 6.65. The highest BCUT2D eigenvalue weighted by atomic mass is 16.6. The maximum atomic E-state index is 12.7. The monoisotopic (exact) mass is 512 g/mol. The lowest BCUT2D eigenvalue weighted by Gasteiger charge is -2.16. The zero-order valence-electron chi connectivity index (χ0n) is 20.9. The average Bonchev–Trinajstić information content (AvgIpc) is 3.52. The number of para-hydroxylation sites is 1. The minimum absolute atomic E-state index is 0.108. The van der Waals surface area contributed by atoms with E-state index in [1.807, 2.05) is 67.6 Å². The molecule has 38 heavy (non-hydrogen) atoms. The first kappa shape index (κ1) is 25.1. The number of ether oxygens (including phenoxy) is 2. The Morgan fingerprint density at radius 1 is 0.974 bits per heavy atom. The largest absolute Gasteiger partial charge is 0.487 e. The molecule has 1 aliphatic rings. The molecular formula is C30H28N2O6. The van der Waals surface area contributed by atoms with Gasteiger partial charge >= 0.3 is 12.1 Å². The molecule has 1 saturated heterocycles. The van der Waals surface area contributed by atoms with E-state index < -0.39 is 18.0 Å². The van der Waals surface area contributed by atoms with Gasteiger partial charge in [-0.1, -0.05) is 48.5 Å². The van der Waals surface area contributed by atoms with E-state index in [4.69, 9.17) is 13.9 Å². The number of aryl methyl sites for hydroxylation is 1. The molecule has 0 unspecified atom stereocenters. The van der Waals surface area contributed by atoms with Gasteiger partial charge in [0, 0.05) is 18.7 Å². The van der Waals surface area contributed by atoms with E-state index in [2.05, 4.69) is 4.98 Å². The van der Waals surface area contributed by atoms with Crippen LogP contribution >= 0.6 is 0 Å². The van der Waals surface area contributed by atoms with Gasteiger partial charge in [-0.3, -0.25) is 4.79 Å². The highest BCUT2D eigenvalue weighted by Crippen LogP contribution is 2.30. The summed E-state index contributed by atoms with van der Waals surface area (Å²) in [5.41, 5.74) is 2.54. The molecule has 1 aromatic heterocycles. The summed E-state index contributed by atoms with van der Waals surface area (Å²) >= 11 is 0. The molecule has 1 fully saturated rings. The maximum absolute atomic E-state index is 12.7. The number of amides is 1. The SMILES string of the molecule is Cc1oc(-c2ccccc2)nc1COc1cccc(C[C@@H]2CN(C(=O)Oc3ccccc3)C[C@@H]2C(=O)O)c1. The lowest BCUT2D eigenvalue weighted by Crippen LogP contribution is -2.32. The summed E-state index contributed by atoms with van der Waals surface area (Å²) in [5.74, 6) is 0.458. The van der Waals surface area contributed by atoms with E-state index >= 15 is 0 Å². The first-order valence-corrected chi connectivity index (χ1v) is 12.4. The molecule has 4 aromatic rings. The molecule has 8 heteroatoms. The van der Waals surface area contributed by atoms with E-state index in [0.29, 0.717) is 41.8 Å². The number of carboxylic acid groups (broad SMARTS) is 1. The van der Waals surface area contributed by atoms with Gasteiger partial charge in [0.1, 0.15) is 29.6 Å². The van der Waals surface area contributed by atoms with Crippen molar-refractivity contribution in [2.75, 3.05) is 13.1 Å². The van der Waals surface area contributed by atoms with Gasteiger partial charge in [-0.15, -0.1) is 0 Å². The number of nitrogens with zero attached hydrogens (tertiary/aromatic N) is 2. The van der Waals surface area contributed by atoms with Crippen LogP contribution in [0.25, 0.3) is 11.5 Å². The fourth-order valence-corrected chi connectivity index (χ4v) is 4.64. The molecule has 0 aliphatic carbocycles. The lowest BCUT2D eigenvalue weighted by atomic mass is 9.90. The molecule has 2 atom stereocenters. The van der Waals surface area contributed by atoms with Crippen molar-refractivity contribution in [1.29, 1.82) is 0 Å². The van der Waals surface area contributed by atoms with Gasteiger partial charge in [0.15, 0.2) is 0 Å². The number of oxazole rings is 1. The normalized spacial score (nSPS) is 16.8. The molecule has 8 nitrogen and oxygen atoms in total. The molecule has 1 N–H and O–H groups in total. The Bertz CT molecular complexity index is 1400. The van der Waals surface area contributed by atoms with Crippen molar-refractivity contribution in [3.8, 4) is 23.0 Å². The van der Waals surface area contributed by atoms with Crippen LogP contribution in [-0.2, 0) is 17.8 Å². The predicted molar refractivity (Wildman–Crippen MR) is 140 cm³/mol. The second kappa shape index (κ2) is 11.2. The highest BCUT2D eigenvalue weighted by molar-refractivity contribution is 5.75. The molecule has 3 aromatic carbocycles. The molecular weight excluding hydrogens is 484 g/mol. The van der Waals surface area contributed by atoms with Crippen molar-refractivity contribution in [2.24, 2.45) is 11.8 Å². The van der Waals surface area contributed by atoms with E-state index in [9.17, 15) is 14.7 Å². The molecule has 1 amide bonds. The van der Waals surface area contributed by atoms with Gasteiger partial charge in [0.25, 0.3) is 0 Å². The van der Waals surface area contributed by atoms with Crippen LogP contribution in [0.15, 0.2) is 89.3 Å². The Balaban J connectivity index is 1.22. The second-order valence-corrected chi connectivity index (χ2v) is 9.32. The minimum Gasteiger partial charge on any atom is -0.487 e. The van der Waals surface area contributed by atoms with Crippen LogP contribution < -0.4 is 9.47 Å². The number of carboxylic acids is 1. The van der Waals surface area contributed by atoms with Crippen LogP contribution in [0.5, 0.6) is 11.5 Å². The molecule has 0 radical (unpaired) electrons. The van der Waals surface area contributed by atoms with E-state index in [1.165, 1.54) is 4.90 Å². The van der Waals surface area contributed by atoms with Crippen molar-refractivity contribution < 1.29 is 28.6 Å². The van der Waals surface area contributed by atoms with Gasteiger partial charge in [-0.25, -0.2) is 9.78 Å². The summed E-state index contributed by atoms with van der Waals surface area (Å²) < 4.78 is 17.2. The molecule has 2 heterocycles. The van der Waals surface area contributed by atoms with Crippen molar-refractivity contribution in [3.63, 3.8) is 0 Å². The minimum atomic E-state index is -0.923. The molecule has 194 valence electrons. The number of aromatic nitrogens is 1. The average molecular weight is 513 g/mol. The highest BCUT2D eigenvalue weighted by Gasteiger charge is 2.40. The second-order valence-electron chi connectivity index (χ2n) is 9.32. The van der Waals surface area contributed by atoms with Gasteiger partial charge in [0.2, 0.25) is 5.89 Å². The molecule has 0 bridgehead atoms. The Hall–Kier alpha value is -4.59. The summed E-state index contributed by atoms with van der Waals surface area (Å²) in [6.45, 7) is 2.51. The summed E-state index contributed by atoms with van der Waals surface area (Å²) in [6.07, 6.45) is -0.0513. The smallest absolute Gasteiger partial charge is 0.415 e. The van der Waals surface area contributed by atoms with Crippen LogP contribution in [0.3, 0.4) is 0 Å². The van der Waals surface area contributed by atoms with Crippen molar-refractivity contribution >= 4 is 12.1 Å². The topological polar surface area (TPSA) is 102 Å². The fourth-order valence-electron chi connectivity index (χ4n) is 4.64. The van der Waals surface area contributed by atoms with Gasteiger partial charge < -0.3 is 23.9 Å². The summed E-state index contributed by atoms with van der Waals surface area (Å²) in [4.78, 5) is 30.7. The Morgan fingerprint density at radius 2 is 1.68 bits per heavy atom. The van der Waals surface area contributed by atoms with E-state index in [1.54, 1.807) is 24.3 Å². The van der Waals surface area contributed by atoms with Gasteiger partial charge in [-0.2, -0.15) is 0 Å².